The number of hydrogen-bond acceptors (Lipinski definition) is 3. The van der Waals surface area contributed by atoms with Crippen LogP contribution in [-0.4, -0.2) is 29.9 Å². The molecule has 1 atom stereocenters. The summed E-state index contributed by atoms with van der Waals surface area (Å²) in [5.41, 5.74) is 6.56. The van der Waals surface area contributed by atoms with Crippen LogP contribution in [0, 0.1) is 0 Å². The van der Waals surface area contributed by atoms with E-state index < -0.39 is 0 Å². The van der Waals surface area contributed by atoms with Crippen LogP contribution < -0.4 is 11.1 Å². The molecule has 0 radical (unpaired) electrons. The number of nitrogens with zero attached hydrogens (tertiary/aromatic N) is 1. The molecule has 0 bridgehead atoms. The number of benzene rings is 1. The summed E-state index contributed by atoms with van der Waals surface area (Å²) in [5.74, 6) is -0.0784. The van der Waals surface area contributed by atoms with Crippen molar-refractivity contribution in [2.24, 2.45) is 0 Å². The molecule has 1 aromatic rings. The highest BCUT2D eigenvalue weighted by atomic mass is 35.5. The fourth-order valence-electron chi connectivity index (χ4n) is 2.81. The number of halogens is 2. The molecule has 2 rings (SSSR count). The molecule has 21 heavy (non-hydrogen) atoms. The minimum Gasteiger partial charge on any atom is -0.399 e. The minimum atomic E-state index is -0.0784. The number of carbonyl (C=O) groups excluding carboxylic acids is 1. The number of amides is 1. The Morgan fingerprint density at radius 2 is 2.10 bits per heavy atom. The third-order valence-electron chi connectivity index (χ3n) is 3.93. The van der Waals surface area contributed by atoms with Gasteiger partial charge in [-0.25, -0.2) is 0 Å². The van der Waals surface area contributed by atoms with Gasteiger partial charge < -0.3 is 11.1 Å². The summed E-state index contributed by atoms with van der Waals surface area (Å²) in [4.78, 5) is 14.4. The van der Waals surface area contributed by atoms with E-state index in [0.717, 1.165) is 19.5 Å². The Bertz CT molecular complexity index is 499. The molecular weight excluding hydrogens is 309 g/mol. The number of anilines is 2. The molecule has 1 saturated heterocycles. The van der Waals surface area contributed by atoms with Crippen molar-refractivity contribution in [3.8, 4) is 0 Å². The maximum absolute atomic E-state index is 12.1. The van der Waals surface area contributed by atoms with E-state index >= 15 is 0 Å². The summed E-state index contributed by atoms with van der Waals surface area (Å²) in [7, 11) is 0. The van der Waals surface area contributed by atoms with Crippen LogP contribution in [0.5, 0.6) is 0 Å². The minimum absolute atomic E-state index is 0.0784. The van der Waals surface area contributed by atoms with E-state index in [0.29, 0.717) is 33.9 Å². The van der Waals surface area contributed by atoms with Gasteiger partial charge >= 0.3 is 0 Å². The first kappa shape index (κ1) is 16.4. The largest absolute Gasteiger partial charge is 0.399 e. The number of carbonyl (C=O) groups is 1. The SMILES string of the molecule is CCC1CCCN1CCC(=O)Nc1c(Cl)cc(N)cc1Cl. The lowest BCUT2D eigenvalue weighted by molar-refractivity contribution is -0.116. The number of hydrogen-bond donors (Lipinski definition) is 2. The van der Waals surface area contributed by atoms with Crippen LogP contribution in [0.1, 0.15) is 32.6 Å². The first-order valence-electron chi connectivity index (χ1n) is 7.29. The number of nitrogens with two attached hydrogens (primary N) is 1. The Morgan fingerprint density at radius 3 is 2.71 bits per heavy atom. The average Bonchev–Trinajstić information content (AvgIpc) is 2.88. The van der Waals surface area contributed by atoms with Gasteiger partial charge in [0.05, 0.1) is 15.7 Å². The van der Waals surface area contributed by atoms with Crippen LogP contribution in [-0.2, 0) is 4.79 Å². The number of nitrogen functional groups attached to an aromatic ring is 1. The summed E-state index contributed by atoms with van der Waals surface area (Å²) >= 11 is 12.1. The Morgan fingerprint density at radius 1 is 1.43 bits per heavy atom. The van der Waals surface area contributed by atoms with Gasteiger partial charge in [-0.3, -0.25) is 9.69 Å². The third kappa shape index (κ3) is 4.25. The summed E-state index contributed by atoms with van der Waals surface area (Å²) < 4.78 is 0. The van der Waals surface area contributed by atoms with Crippen LogP contribution in [0.3, 0.4) is 0 Å². The lowest BCUT2D eigenvalue weighted by Gasteiger charge is -2.22. The van der Waals surface area contributed by atoms with E-state index in [4.69, 9.17) is 28.9 Å². The Kier molecular flexibility index (Phi) is 5.73. The highest BCUT2D eigenvalue weighted by Crippen LogP contribution is 2.32. The second-order valence-electron chi connectivity index (χ2n) is 5.40. The molecule has 1 aliphatic rings. The predicted molar refractivity (Wildman–Crippen MR) is 89.0 cm³/mol. The number of nitrogens with one attached hydrogen (secondary N) is 1. The average molecular weight is 330 g/mol. The number of rotatable bonds is 5. The maximum atomic E-state index is 12.1. The van der Waals surface area contributed by atoms with Gasteiger partial charge in [0.15, 0.2) is 0 Å². The second-order valence-corrected chi connectivity index (χ2v) is 6.21. The van der Waals surface area contributed by atoms with Crippen molar-refractivity contribution in [3.63, 3.8) is 0 Å². The van der Waals surface area contributed by atoms with Crippen molar-refractivity contribution in [2.75, 3.05) is 24.1 Å². The Labute approximate surface area is 135 Å². The first-order chi connectivity index (χ1) is 10.0. The van der Waals surface area contributed by atoms with Gasteiger partial charge in [-0.1, -0.05) is 30.1 Å². The van der Waals surface area contributed by atoms with Crippen LogP contribution in [0.15, 0.2) is 12.1 Å². The molecular formula is C15H21Cl2N3O. The summed E-state index contributed by atoms with van der Waals surface area (Å²) in [6, 6.07) is 3.77. The van der Waals surface area contributed by atoms with Gasteiger partial charge in [-0.2, -0.15) is 0 Å². The van der Waals surface area contributed by atoms with Gasteiger partial charge in [0.1, 0.15) is 0 Å². The molecule has 1 aromatic carbocycles. The molecule has 0 saturated carbocycles. The molecule has 0 spiro atoms. The van der Waals surface area contributed by atoms with E-state index in [9.17, 15) is 4.79 Å². The van der Waals surface area contributed by atoms with Gasteiger partial charge in [0, 0.05) is 24.7 Å². The Balaban J connectivity index is 1.90. The zero-order chi connectivity index (χ0) is 15.4. The lowest BCUT2D eigenvalue weighted by atomic mass is 10.1. The summed E-state index contributed by atoms with van der Waals surface area (Å²) in [6.07, 6.45) is 4.02. The zero-order valence-corrected chi connectivity index (χ0v) is 13.7. The van der Waals surface area contributed by atoms with Gasteiger partial charge in [0.2, 0.25) is 5.91 Å². The second kappa shape index (κ2) is 7.34. The topological polar surface area (TPSA) is 58.4 Å². The van der Waals surface area contributed by atoms with Crippen LogP contribution in [0.4, 0.5) is 11.4 Å². The first-order valence-corrected chi connectivity index (χ1v) is 8.05. The molecule has 0 aliphatic carbocycles. The molecule has 4 nitrogen and oxygen atoms in total. The molecule has 3 N–H and O–H groups in total. The lowest BCUT2D eigenvalue weighted by Crippen LogP contribution is -2.32. The predicted octanol–water partition coefficient (Wildman–Crippen LogP) is 3.78. The monoisotopic (exact) mass is 329 g/mol. The van der Waals surface area contributed by atoms with Crippen molar-refractivity contribution >= 4 is 40.5 Å². The maximum Gasteiger partial charge on any atom is 0.225 e. The fourth-order valence-corrected chi connectivity index (χ4v) is 3.41. The van der Waals surface area contributed by atoms with Crippen LogP contribution >= 0.6 is 23.2 Å². The number of likely N-dealkylation sites (tertiary alicyclic amines) is 1. The molecule has 1 fully saturated rings. The Hall–Kier alpha value is -0.970. The molecule has 116 valence electrons. The van der Waals surface area contributed by atoms with E-state index in [2.05, 4.69) is 17.1 Å². The van der Waals surface area contributed by atoms with E-state index in [1.807, 2.05) is 0 Å². The van der Waals surface area contributed by atoms with Crippen molar-refractivity contribution in [2.45, 2.75) is 38.6 Å². The van der Waals surface area contributed by atoms with Crippen molar-refractivity contribution in [3.05, 3.63) is 22.2 Å². The standard InChI is InChI=1S/C15H21Cl2N3O/c1-2-11-4-3-6-20(11)7-5-14(21)19-15-12(16)8-10(18)9-13(15)17/h8-9,11H,2-7,18H2,1H3,(H,19,21). The third-order valence-corrected chi connectivity index (χ3v) is 4.52. The van der Waals surface area contributed by atoms with Gasteiger partial charge in [0.25, 0.3) is 0 Å². The highest BCUT2D eigenvalue weighted by molar-refractivity contribution is 6.40. The fraction of sp³-hybridized carbons (Fsp3) is 0.533. The van der Waals surface area contributed by atoms with Crippen LogP contribution in [0.25, 0.3) is 0 Å². The zero-order valence-electron chi connectivity index (χ0n) is 12.2. The highest BCUT2D eigenvalue weighted by Gasteiger charge is 2.23. The quantitative estimate of drug-likeness (QED) is 0.808. The van der Waals surface area contributed by atoms with Crippen molar-refractivity contribution in [1.82, 2.24) is 4.90 Å². The smallest absolute Gasteiger partial charge is 0.225 e. The summed E-state index contributed by atoms with van der Waals surface area (Å²) in [6.45, 7) is 4.04. The molecule has 6 heteroatoms. The van der Waals surface area contributed by atoms with Crippen molar-refractivity contribution < 1.29 is 4.79 Å². The van der Waals surface area contributed by atoms with Crippen molar-refractivity contribution in [1.29, 1.82) is 0 Å². The van der Waals surface area contributed by atoms with E-state index in [1.165, 1.54) is 12.8 Å². The molecule has 1 amide bonds. The van der Waals surface area contributed by atoms with E-state index in [-0.39, 0.29) is 5.91 Å². The van der Waals surface area contributed by atoms with Gasteiger partial charge in [-0.15, -0.1) is 0 Å². The molecule has 1 heterocycles. The molecule has 1 aliphatic heterocycles. The summed E-state index contributed by atoms with van der Waals surface area (Å²) in [5, 5.41) is 3.50. The van der Waals surface area contributed by atoms with Gasteiger partial charge in [-0.05, 0) is 37.9 Å². The molecule has 1 unspecified atom stereocenters. The molecule has 0 aromatic heterocycles. The van der Waals surface area contributed by atoms with Crippen LogP contribution in [0.2, 0.25) is 10.0 Å². The van der Waals surface area contributed by atoms with E-state index in [1.54, 1.807) is 12.1 Å². The normalized spacial score (nSPS) is 18.9.